The monoisotopic (exact) mass is 299 g/mol. The first-order chi connectivity index (χ1) is 9.99. The summed E-state index contributed by atoms with van der Waals surface area (Å²) in [5, 5.41) is 3.66. The van der Waals surface area contributed by atoms with Gasteiger partial charge in [-0.25, -0.2) is 4.98 Å². The molecule has 0 bridgehead atoms. The number of ether oxygens (including phenoxy) is 1. The fourth-order valence-electron chi connectivity index (χ4n) is 1.84. The summed E-state index contributed by atoms with van der Waals surface area (Å²) in [6.07, 6.45) is -5.12. The summed E-state index contributed by atoms with van der Waals surface area (Å²) in [4.78, 5) is 8.51. The predicted octanol–water partition coefficient (Wildman–Crippen LogP) is 3.78. The number of alkyl halides is 3. The Morgan fingerprint density at radius 3 is 2.67 bits per heavy atom. The van der Waals surface area contributed by atoms with Gasteiger partial charge in [0, 0.05) is 13.0 Å². The SMILES string of the molecule is CCNc1nc(OCCCC(F)(F)F)c2ccccc2n1. The Bertz CT molecular complexity index is 602. The van der Waals surface area contributed by atoms with Crippen LogP contribution < -0.4 is 10.1 Å². The molecule has 1 aromatic carbocycles. The maximum absolute atomic E-state index is 12.1. The number of anilines is 1. The third-order valence-electron chi connectivity index (χ3n) is 2.75. The molecule has 114 valence electrons. The van der Waals surface area contributed by atoms with Gasteiger partial charge in [-0.2, -0.15) is 18.2 Å². The number of nitrogens with zero attached hydrogens (tertiary/aromatic N) is 2. The van der Waals surface area contributed by atoms with Crippen LogP contribution in [0.1, 0.15) is 19.8 Å². The van der Waals surface area contributed by atoms with Gasteiger partial charge in [0.05, 0.1) is 17.5 Å². The zero-order valence-corrected chi connectivity index (χ0v) is 11.6. The van der Waals surface area contributed by atoms with E-state index in [1.54, 1.807) is 18.2 Å². The largest absolute Gasteiger partial charge is 0.477 e. The molecule has 0 radical (unpaired) electrons. The molecule has 2 rings (SSSR count). The lowest BCUT2D eigenvalue weighted by atomic mass is 10.2. The van der Waals surface area contributed by atoms with Gasteiger partial charge in [-0.05, 0) is 25.5 Å². The van der Waals surface area contributed by atoms with Gasteiger partial charge in [-0.15, -0.1) is 0 Å². The molecule has 0 fully saturated rings. The number of hydrogen-bond donors (Lipinski definition) is 1. The van der Waals surface area contributed by atoms with Crippen LogP contribution in [0.2, 0.25) is 0 Å². The van der Waals surface area contributed by atoms with E-state index in [0.717, 1.165) is 0 Å². The highest BCUT2D eigenvalue weighted by Gasteiger charge is 2.26. The van der Waals surface area contributed by atoms with Crippen molar-refractivity contribution in [1.82, 2.24) is 9.97 Å². The quantitative estimate of drug-likeness (QED) is 0.825. The minimum absolute atomic E-state index is 0.0356. The minimum Gasteiger partial charge on any atom is -0.477 e. The summed E-state index contributed by atoms with van der Waals surface area (Å²) in [6.45, 7) is 2.51. The lowest BCUT2D eigenvalue weighted by molar-refractivity contribution is -0.136. The Morgan fingerprint density at radius 2 is 1.95 bits per heavy atom. The summed E-state index contributed by atoms with van der Waals surface area (Å²) in [6, 6.07) is 7.23. The van der Waals surface area contributed by atoms with Gasteiger partial charge < -0.3 is 10.1 Å². The topological polar surface area (TPSA) is 47.0 Å². The highest BCUT2D eigenvalue weighted by atomic mass is 19.4. The fourth-order valence-corrected chi connectivity index (χ4v) is 1.84. The van der Waals surface area contributed by atoms with Crippen LogP contribution in [0.5, 0.6) is 5.88 Å². The molecule has 0 aliphatic heterocycles. The average Bonchev–Trinajstić information content (AvgIpc) is 2.43. The Balaban J connectivity index is 2.13. The number of fused-ring (bicyclic) bond motifs is 1. The molecule has 7 heteroatoms. The Kier molecular flexibility index (Phi) is 4.82. The third-order valence-corrected chi connectivity index (χ3v) is 2.75. The highest BCUT2D eigenvalue weighted by Crippen LogP contribution is 2.25. The van der Waals surface area contributed by atoms with Crippen molar-refractivity contribution < 1.29 is 17.9 Å². The van der Waals surface area contributed by atoms with E-state index in [9.17, 15) is 13.2 Å². The first kappa shape index (κ1) is 15.3. The van der Waals surface area contributed by atoms with E-state index < -0.39 is 12.6 Å². The smallest absolute Gasteiger partial charge is 0.389 e. The second-order valence-corrected chi connectivity index (χ2v) is 4.47. The van der Waals surface area contributed by atoms with Crippen LogP contribution in [0.4, 0.5) is 19.1 Å². The van der Waals surface area contributed by atoms with Gasteiger partial charge in [-0.1, -0.05) is 12.1 Å². The molecule has 1 heterocycles. The molecule has 0 aliphatic carbocycles. The molecule has 0 aliphatic rings. The third kappa shape index (κ3) is 4.47. The van der Waals surface area contributed by atoms with Gasteiger partial charge >= 0.3 is 6.18 Å². The van der Waals surface area contributed by atoms with Gasteiger partial charge in [0.15, 0.2) is 0 Å². The molecule has 0 atom stereocenters. The first-order valence-electron chi connectivity index (χ1n) is 6.70. The maximum Gasteiger partial charge on any atom is 0.389 e. The summed E-state index contributed by atoms with van der Waals surface area (Å²) in [5.74, 6) is 0.709. The van der Waals surface area contributed by atoms with E-state index in [2.05, 4.69) is 15.3 Å². The van der Waals surface area contributed by atoms with Crippen molar-refractivity contribution in [2.75, 3.05) is 18.5 Å². The lowest BCUT2D eigenvalue weighted by Crippen LogP contribution is -2.11. The van der Waals surface area contributed by atoms with Gasteiger partial charge in [0.1, 0.15) is 0 Å². The molecule has 0 unspecified atom stereocenters. The standard InChI is InChI=1S/C14H16F3N3O/c1-2-18-13-19-11-7-4-3-6-10(11)12(20-13)21-9-5-8-14(15,16)17/h3-4,6-7H,2,5,8-9H2,1H3,(H,18,19,20). The number of benzene rings is 1. The van der Waals surface area contributed by atoms with Crippen molar-refractivity contribution >= 4 is 16.9 Å². The van der Waals surface area contributed by atoms with E-state index in [0.29, 0.717) is 29.3 Å². The van der Waals surface area contributed by atoms with Crippen LogP contribution >= 0.6 is 0 Å². The molecule has 0 saturated carbocycles. The Morgan fingerprint density at radius 1 is 1.19 bits per heavy atom. The zero-order chi connectivity index (χ0) is 15.3. The van der Waals surface area contributed by atoms with Crippen LogP contribution in [0, 0.1) is 0 Å². The molecule has 1 N–H and O–H groups in total. The van der Waals surface area contributed by atoms with Crippen LogP contribution in [0.3, 0.4) is 0 Å². The van der Waals surface area contributed by atoms with Crippen LogP contribution in [-0.4, -0.2) is 29.3 Å². The van der Waals surface area contributed by atoms with E-state index >= 15 is 0 Å². The normalized spacial score (nSPS) is 11.6. The average molecular weight is 299 g/mol. The van der Waals surface area contributed by atoms with Crippen molar-refractivity contribution in [3.8, 4) is 5.88 Å². The number of halogens is 3. The van der Waals surface area contributed by atoms with Gasteiger partial charge in [-0.3, -0.25) is 0 Å². The molecule has 0 saturated heterocycles. The molecular weight excluding hydrogens is 283 g/mol. The van der Waals surface area contributed by atoms with E-state index in [1.807, 2.05) is 13.0 Å². The highest BCUT2D eigenvalue weighted by molar-refractivity contribution is 5.84. The summed E-state index contributed by atoms with van der Waals surface area (Å²) < 4.78 is 41.7. The number of nitrogens with one attached hydrogen (secondary N) is 1. The zero-order valence-electron chi connectivity index (χ0n) is 11.6. The summed E-state index contributed by atoms with van der Waals surface area (Å²) in [5.41, 5.74) is 0.689. The van der Waals surface area contributed by atoms with E-state index in [-0.39, 0.29) is 13.0 Å². The second-order valence-electron chi connectivity index (χ2n) is 4.47. The molecule has 21 heavy (non-hydrogen) atoms. The van der Waals surface area contributed by atoms with Crippen molar-refractivity contribution in [1.29, 1.82) is 0 Å². The van der Waals surface area contributed by atoms with Crippen LogP contribution in [0.15, 0.2) is 24.3 Å². The van der Waals surface area contributed by atoms with Crippen molar-refractivity contribution in [2.45, 2.75) is 25.9 Å². The fraction of sp³-hybridized carbons (Fsp3) is 0.429. The molecule has 2 aromatic rings. The second kappa shape index (κ2) is 6.60. The van der Waals surface area contributed by atoms with Crippen molar-refractivity contribution in [3.05, 3.63) is 24.3 Å². The van der Waals surface area contributed by atoms with E-state index in [1.165, 1.54) is 0 Å². The Hall–Kier alpha value is -2.05. The van der Waals surface area contributed by atoms with Crippen LogP contribution in [-0.2, 0) is 0 Å². The summed E-state index contributed by atoms with van der Waals surface area (Å²) in [7, 11) is 0. The predicted molar refractivity (Wildman–Crippen MR) is 74.5 cm³/mol. The first-order valence-corrected chi connectivity index (χ1v) is 6.70. The molecule has 0 spiro atoms. The molecule has 4 nitrogen and oxygen atoms in total. The van der Waals surface area contributed by atoms with Crippen molar-refractivity contribution in [2.24, 2.45) is 0 Å². The van der Waals surface area contributed by atoms with Crippen molar-refractivity contribution in [3.63, 3.8) is 0 Å². The Labute approximate surface area is 120 Å². The molecular formula is C14H16F3N3O. The lowest BCUT2D eigenvalue weighted by Gasteiger charge is -2.11. The number of hydrogen-bond acceptors (Lipinski definition) is 4. The number of para-hydroxylation sites is 1. The van der Waals surface area contributed by atoms with Gasteiger partial charge in [0.25, 0.3) is 0 Å². The minimum atomic E-state index is -4.16. The maximum atomic E-state index is 12.1. The number of rotatable bonds is 6. The number of aromatic nitrogens is 2. The molecule has 1 aromatic heterocycles. The van der Waals surface area contributed by atoms with Crippen LogP contribution in [0.25, 0.3) is 10.9 Å². The van der Waals surface area contributed by atoms with E-state index in [4.69, 9.17) is 4.74 Å². The molecule has 0 amide bonds. The van der Waals surface area contributed by atoms with Gasteiger partial charge in [0.2, 0.25) is 11.8 Å². The summed E-state index contributed by atoms with van der Waals surface area (Å²) >= 11 is 0.